The summed E-state index contributed by atoms with van der Waals surface area (Å²) in [5.74, 6) is -0.764. The summed E-state index contributed by atoms with van der Waals surface area (Å²) in [7, 11) is 2.14. The number of hydrogen-bond donors (Lipinski definition) is 1. The van der Waals surface area contributed by atoms with Crippen LogP contribution in [0.4, 0.5) is 17.1 Å². The molecule has 3 aromatic carbocycles. The van der Waals surface area contributed by atoms with Gasteiger partial charge in [0, 0.05) is 55.3 Å². The molecular formula is C29H29N5O4. The van der Waals surface area contributed by atoms with Crippen molar-refractivity contribution in [1.82, 2.24) is 9.47 Å². The first-order valence-corrected chi connectivity index (χ1v) is 12.5. The summed E-state index contributed by atoms with van der Waals surface area (Å²) in [5.41, 5.74) is 3.45. The topological polar surface area (TPSA) is 104 Å². The zero-order valence-electron chi connectivity index (χ0n) is 21.4. The predicted octanol–water partition coefficient (Wildman–Crippen LogP) is 5.23. The third kappa shape index (κ3) is 4.88. The summed E-state index contributed by atoms with van der Waals surface area (Å²) in [6.45, 7) is 5.35. The number of non-ortho nitro benzene ring substituents is 1. The molecule has 2 heterocycles. The van der Waals surface area contributed by atoms with Crippen molar-refractivity contribution in [2.45, 2.75) is 13.3 Å². The Hall–Kier alpha value is -4.50. The number of nitro benzene ring substituents is 1. The summed E-state index contributed by atoms with van der Waals surface area (Å²) >= 11 is 0. The lowest BCUT2D eigenvalue weighted by Gasteiger charge is -2.22. The summed E-state index contributed by atoms with van der Waals surface area (Å²) in [4.78, 5) is 33.0. The van der Waals surface area contributed by atoms with Gasteiger partial charge in [-0.3, -0.25) is 14.9 Å². The number of fused-ring (bicyclic) bond motifs is 1. The normalized spacial score (nSPS) is 15.0. The molecule has 1 fully saturated rings. The van der Waals surface area contributed by atoms with Crippen molar-refractivity contribution in [3.05, 3.63) is 94.0 Å². The van der Waals surface area contributed by atoms with Crippen LogP contribution in [0.15, 0.2) is 77.8 Å². The quantitative estimate of drug-likeness (QED) is 0.224. The van der Waals surface area contributed by atoms with Crippen LogP contribution in [-0.4, -0.2) is 64.3 Å². The second-order valence-corrected chi connectivity index (χ2v) is 9.50. The zero-order valence-corrected chi connectivity index (χ0v) is 21.4. The van der Waals surface area contributed by atoms with Crippen LogP contribution in [0.3, 0.4) is 0 Å². The first-order valence-electron chi connectivity index (χ1n) is 12.5. The van der Waals surface area contributed by atoms with Crippen LogP contribution in [0, 0.1) is 10.1 Å². The number of aromatic hydroxyl groups is 1. The van der Waals surface area contributed by atoms with Gasteiger partial charge in [-0.1, -0.05) is 30.3 Å². The molecule has 0 aliphatic carbocycles. The maximum Gasteiger partial charge on any atom is 0.271 e. The Morgan fingerprint density at radius 2 is 1.71 bits per heavy atom. The van der Waals surface area contributed by atoms with Gasteiger partial charge in [0.15, 0.2) is 0 Å². The molecule has 38 heavy (non-hydrogen) atoms. The van der Waals surface area contributed by atoms with E-state index in [9.17, 15) is 20.0 Å². The Morgan fingerprint density at radius 3 is 2.39 bits per heavy atom. The SMILES string of the molecule is CC(=O)n1c(O)c(C(=Nc2ccc(N3CCCN(C)CC3)cc2)c2ccccc2)c2ccc([N+](=O)[O-])cc21. The van der Waals surface area contributed by atoms with E-state index in [0.29, 0.717) is 22.3 Å². The minimum atomic E-state index is -0.524. The molecule has 5 rings (SSSR count). The van der Waals surface area contributed by atoms with Crippen LogP contribution >= 0.6 is 0 Å². The lowest BCUT2D eigenvalue weighted by molar-refractivity contribution is -0.384. The molecule has 0 radical (unpaired) electrons. The van der Waals surface area contributed by atoms with Crippen LogP contribution in [-0.2, 0) is 0 Å². The van der Waals surface area contributed by atoms with Crippen molar-refractivity contribution in [2.24, 2.45) is 4.99 Å². The van der Waals surface area contributed by atoms with Gasteiger partial charge in [0.05, 0.1) is 27.4 Å². The molecule has 194 valence electrons. The van der Waals surface area contributed by atoms with Crippen molar-refractivity contribution in [2.75, 3.05) is 38.1 Å². The molecule has 0 amide bonds. The first kappa shape index (κ1) is 25.2. The highest BCUT2D eigenvalue weighted by molar-refractivity contribution is 6.23. The predicted molar refractivity (Wildman–Crippen MR) is 149 cm³/mol. The smallest absolute Gasteiger partial charge is 0.271 e. The van der Waals surface area contributed by atoms with Crippen LogP contribution in [0.25, 0.3) is 10.9 Å². The lowest BCUT2D eigenvalue weighted by Crippen LogP contribution is -2.28. The highest BCUT2D eigenvalue weighted by Crippen LogP contribution is 2.36. The molecule has 1 aliphatic heterocycles. The van der Waals surface area contributed by atoms with E-state index in [1.165, 1.54) is 19.1 Å². The molecule has 0 bridgehead atoms. The average molecular weight is 512 g/mol. The Bertz CT molecular complexity index is 1530. The Kier molecular flexibility index (Phi) is 6.93. The van der Waals surface area contributed by atoms with Gasteiger partial charge in [-0.2, -0.15) is 0 Å². The Balaban J connectivity index is 1.64. The van der Waals surface area contributed by atoms with Crippen molar-refractivity contribution in [3.8, 4) is 5.88 Å². The van der Waals surface area contributed by atoms with Crippen LogP contribution in [0.1, 0.15) is 29.3 Å². The fourth-order valence-electron chi connectivity index (χ4n) is 4.96. The Morgan fingerprint density at radius 1 is 0.974 bits per heavy atom. The third-order valence-corrected chi connectivity index (χ3v) is 6.91. The standard InChI is InChI=1S/C29H29N5O4/c1-20(35)33-26-19-24(34(37)38)13-14-25(26)27(29(33)36)28(21-7-4-3-5-8-21)30-22-9-11-23(12-10-22)32-16-6-15-31(2)17-18-32/h3-5,7-14,19,36H,6,15-18H2,1-2H3. The molecule has 0 spiro atoms. The first-order chi connectivity index (χ1) is 18.3. The molecule has 1 saturated heterocycles. The van der Waals surface area contributed by atoms with Crippen LogP contribution < -0.4 is 4.90 Å². The number of nitro groups is 1. The van der Waals surface area contributed by atoms with Crippen molar-refractivity contribution >= 4 is 39.6 Å². The van der Waals surface area contributed by atoms with Crippen LogP contribution in [0.5, 0.6) is 5.88 Å². The van der Waals surface area contributed by atoms with Gasteiger partial charge < -0.3 is 14.9 Å². The van der Waals surface area contributed by atoms with Gasteiger partial charge in [-0.25, -0.2) is 9.56 Å². The van der Waals surface area contributed by atoms with E-state index < -0.39 is 10.8 Å². The number of carbonyl (C=O) groups excluding carboxylic acids is 1. The number of benzene rings is 3. The van der Waals surface area contributed by atoms with E-state index in [2.05, 4.69) is 29.0 Å². The molecule has 4 aromatic rings. The number of carbonyl (C=O) groups is 1. The second kappa shape index (κ2) is 10.5. The monoisotopic (exact) mass is 511 g/mol. The van der Waals surface area contributed by atoms with E-state index in [1.54, 1.807) is 6.07 Å². The number of rotatable bonds is 5. The second-order valence-electron chi connectivity index (χ2n) is 9.50. The number of aliphatic imine (C=N–C) groups is 1. The summed E-state index contributed by atoms with van der Waals surface area (Å²) in [6.07, 6.45) is 1.10. The average Bonchev–Trinajstić information content (AvgIpc) is 3.03. The van der Waals surface area contributed by atoms with E-state index in [-0.39, 0.29) is 17.1 Å². The van der Waals surface area contributed by atoms with Gasteiger partial charge in [-0.15, -0.1) is 0 Å². The lowest BCUT2D eigenvalue weighted by atomic mass is 10.0. The van der Waals surface area contributed by atoms with E-state index in [0.717, 1.165) is 48.4 Å². The fourth-order valence-corrected chi connectivity index (χ4v) is 4.96. The zero-order chi connectivity index (χ0) is 26.8. The number of aromatic nitrogens is 1. The molecule has 0 saturated carbocycles. The molecule has 1 aromatic heterocycles. The van der Waals surface area contributed by atoms with E-state index in [1.807, 2.05) is 42.5 Å². The van der Waals surface area contributed by atoms with Gasteiger partial charge in [-0.05, 0) is 50.3 Å². The van der Waals surface area contributed by atoms with Gasteiger partial charge in [0.2, 0.25) is 11.8 Å². The van der Waals surface area contributed by atoms with Crippen LogP contribution in [0.2, 0.25) is 0 Å². The summed E-state index contributed by atoms with van der Waals surface area (Å²) in [6, 6.07) is 21.6. The van der Waals surface area contributed by atoms with Gasteiger partial charge in [0.1, 0.15) is 0 Å². The molecule has 1 aliphatic rings. The summed E-state index contributed by atoms with van der Waals surface area (Å²) in [5, 5.41) is 23.2. The Labute approximate surface area is 220 Å². The molecule has 0 unspecified atom stereocenters. The molecule has 9 heteroatoms. The minimum Gasteiger partial charge on any atom is -0.494 e. The van der Waals surface area contributed by atoms with Crippen molar-refractivity contribution in [3.63, 3.8) is 0 Å². The molecule has 1 N–H and O–H groups in total. The summed E-state index contributed by atoms with van der Waals surface area (Å²) < 4.78 is 1.09. The number of likely N-dealkylation sites (N-methyl/N-ethyl adjacent to an activating group) is 1. The minimum absolute atomic E-state index is 0.169. The molecule has 0 atom stereocenters. The largest absolute Gasteiger partial charge is 0.494 e. The van der Waals surface area contributed by atoms with Crippen molar-refractivity contribution < 1.29 is 14.8 Å². The maximum absolute atomic E-state index is 12.5. The number of hydrogen-bond acceptors (Lipinski definition) is 7. The van der Waals surface area contributed by atoms with Crippen molar-refractivity contribution in [1.29, 1.82) is 0 Å². The van der Waals surface area contributed by atoms with Gasteiger partial charge in [0.25, 0.3) is 5.69 Å². The highest BCUT2D eigenvalue weighted by Gasteiger charge is 2.25. The molecule has 9 nitrogen and oxygen atoms in total. The molecular weight excluding hydrogens is 482 g/mol. The fraction of sp³-hybridized carbons (Fsp3) is 0.241. The third-order valence-electron chi connectivity index (χ3n) is 6.91. The number of nitrogens with zero attached hydrogens (tertiary/aromatic N) is 5. The highest BCUT2D eigenvalue weighted by atomic mass is 16.6. The van der Waals surface area contributed by atoms with Gasteiger partial charge >= 0.3 is 0 Å². The van der Waals surface area contributed by atoms with E-state index >= 15 is 0 Å². The maximum atomic E-state index is 12.5. The van der Waals surface area contributed by atoms with E-state index in [4.69, 9.17) is 4.99 Å². The number of anilines is 1.